The summed E-state index contributed by atoms with van der Waals surface area (Å²) in [5, 5.41) is 5.73. The van der Waals surface area contributed by atoms with Crippen molar-refractivity contribution in [2.75, 3.05) is 17.7 Å². The maximum Gasteiger partial charge on any atom is 0.234 e. The smallest absolute Gasteiger partial charge is 0.234 e. The van der Waals surface area contributed by atoms with Gasteiger partial charge in [0.2, 0.25) is 11.8 Å². The van der Waals surface area contributed by atoms with Gasteiger partial charge in [-0.1, -0.05) is 12.1 Å². The van der Waals surface area contributed by atoms with Crippen molar-refractivity contribution in [2.45, 2.75) is 25.7 Å². The standard InChI is InChI=1S/C19H20N2O3/c1-19(2)15-10-12(4-9-16(15)21-18(19)23)11-17(22)20-13-5-7-14(24-3)8-6-13/h4-10H,11H2,1-3H3,(H,20,22)(H,21,23). The lowest BCUT2D eigenvalue weighted by molar-refractivity contribution is -0.119. The van der Waals surface area contributed by atoms with Crippen LogP contribution in [0.1, 0.15) is 25.0 Å². The molecule has 0 fully saturated rings. The molecule has 1 heterocycles. The Morgan fingerprint density at radius 1 is 1.17 bits per heavy atom. The monoisotopic (exact) mass is 324 g/mol. The van der Waals surface area contributed by atoms with Crippen LogP contribution < -0.4 is 15.4 Å². The molecule has 0 bridgehead atoms. The number of ether oxygens (including phenoxy) is 1. The van der Waals surface area contributed by atoms with Gasteiger partial charge in [0.25, 0.3) is 0 Å². The minimum atomic E-state index is -0.572. The second-order valence-corrected chi connectivity index (χ2v) is 6.41. The molecule has 0 saturated heterocycles. The second kappa shape index (κ2) is 6.00. The number of anilines is 2. The number of methoxy groups -OCH3 is 1. The predicted octanol–water partition coefficient (Wildman–Crippen LogP) is 3.11. The summed E-state index contributed by atoms with van der Waals surface area (Å²) in [6.07, 6.45) is 0.254. The first-order valence-corrected chi connectivity index (χ1v) is 7.79. The van der Waals surface area contributed by atoms with Crippen molar-refractivity contribution in [3.8, 4) is 5.75 Å². The maximum absolute atomic E-state index is 12.2. The Morgan fingerprint density at radius 2 is 1.88 bits per heavy atom. The highest BCUT2D eigenvalue weighted by Crippen LogP contribution is 2.37. The summed E-state index contributed by atoms with van der Waals surface area (Å²) in [4.78, 5) is 24.2. The van der Waals surface area contributed by atoms with E-state index in [-0.39, 0.29) is 18.2 Å². The number of hydrogen-bond donors (Lipinski definition) is 2. The number of amides is 2. The van der Waals surface area contributed by atoms with E-state index < -0.39 is 5.41 Å². The van der Waals surface area contributed by atoms with Gasteiger partial charge in [-0.3, -0.25) is 9.59 Å². The van der Waals surface area contributed by atoms with Gasteiger partial charge in [-0.2, -0.15) is 0 Å². The number of rotatable bonds is 4. The molecule has 1 aliphatic heterocycles. The van der Waals surface area contributed by atoms with Crippen molar-refractivity contribution in [3.05, 3.63) is 53.6 Å². The zero-order chi connectivity index (χ0) is 17.3. The van der Waals surface area contributed by atoms with Crippen LogP contribution in [0, 0.1) is 0 Å². The van der Waals surface area contributed by atoms with E-state index in [1.54, 1.807) is 31.4 Å². The van der Waals surface area contributed by atoms with Crippen molar-refractivity contribution < 1.29 is 14.3 Å². The Kier molecular flexibility index (Phi) is 4.01. The Bertz CT molecular complexity index is 795. The minimum Gasteiger partial charge on any atom is -0.497 e. The maximum atomic E-state index is 12.2. The summed E-state index contributed by atoms with van der Waals surface area (Å²) in [6, 6.07) is 12.8. The molecule has 2 amide bonds. The predicted molar refractivity (Wildman–Crippen MR) is 93.4 cm³/mol. The molecule has 3 rings (SSSR count). The lowest BCUT2D eigenvalue weighted by Crippen LogP contribution is -2.27. The third kappa shape index (κ3) is 2.97. The van der Waals surface area contributed by atoms with E-state index in [2.05, 4.69) is 10.6 Å². The van der Waals surface area contributed by atoms with E-state index in [4.69, 9.17) is 4.74 Å². The van der Waals surface area contributed by atoms with Gasteiger partial charge in [0.05, 0.1) is 18.9 Å². The van der Waals surface area contributed by atoms with Crippen LogP contribution in [0.5, 0.6) is 5.75 Å². The normalized spacial score (nSPS) is 14.7. The summed E-state index contributed by atoms with van der Waals surface area (Å²) < 4.78 is 5.09. The highest BCUT2D eigenvalue weighted by molar-refractivity contribution is 6.05. The molecule has 0 unspecified atom stereocenters. The van der Waals surface area contributed by atoms with Crippen LogP contribution in [-0.4, -0.2) is 18.9 Å². The molecule has 1 aliphatic rings. The zero-order valence-electron chi connectivity index (χ0n) is 14.0. The number of benzene rings is 2. The van der Waals surface area contributed by atoms with Gasteiger partial charge in [0.15, 0.2) is 0 Å². The largest absolute Gasteiger partial charge is 0.497 e. The van der Waals surface area contributed by atoms with Crippen LogP contribution >= 0.6 is 0 Å². The van der Waals surface area contributed by atoms with E-state index >= 15 is 0 Å². The van der Waals surface area contributed by atoms with Crippen LogP contribution in [0.25, 0.3) is 0 Å². The topological polar surface area (TPSA) is 67.4 Å². The van der Waals surface area contributed by atoms with E-state index in [1.807, 2.05) is 32.0 Å². The van der Waals surface area contributed by atoms with Gasteiger partial charge in [-0.05, 0) is 55.3 Å². The molecule has 0 spiro atoms. The Labute approximate surface area is 141 Å². The molecule has 2 aromatic carbocycles. The molecule has 0 atom stereocenters. The fraction of sp³-hybridized carbons (Fsp3) is 0.263. The average Bonchev–Trinajstić information content (AvgIpc) is 2.78. The summed E-state index contributed by atoms with van der Waals surface area (Å²) in [6.45, 7) is 3.77. The molecule has 0 aromatic heterocycles. The van der Waals surface area contributed by atoms with Crippen LogP contribution in [0.2, 0.25) is 0 Å². The van der Waals surface area contributed by atoms with Crippen LogP contribution in [0.3, 0.4) is 0 Å². The lowest BCUT2D eigenvalue weighted by atomic mass is 9.85. The first-order chi connectivity index (χ1) is 11.4. The molecule has 2 N–H and O–H groups in total. The Hall–Kier alpha value is -2.82. The highest BCUT2D eigenvalue weighted by atomic mass is 16.5. The molecule has 0 radical (unpaired) electrons. The first-order valence-electron chi connectivity index (χ1n) is 7.79. The number of nitrogens with one attached hydrogen (secondary N) is 2. The average molecular weight is 324 g/mol. The summed E-state index contributed by atoms with van der Waals surface area (Å²) in [5.74, 6) is 0.624. The summed E-state index contributed by atoms with van der Waals surface area (Å²) in [7, 11) is 1.60. The van der Waals surface area contributed by atoms with Crippen molar-refractivity contribution in [2.24, 2.45) is 0 Å². The van der Waals surface area contributed by atoms with Crippen molar-refractivity contribution in [1.29, 1.82) is 0 Å². The molecule has 2 aromatic rings. The Morgan fingerprint density at radius 3 is 2.54 bits per heavy atom. The van der Waals surface area contributed by atoms with Crippen LogP contribution in [0.4, 0.5) is 11.4 Å². The van der Waals surface area contributed by atoms with Gasteiger partial charge < -0.3 is 15.4 Å². The third-order valence-electron chi connectivity index (χ3n) is 4.31. The molecule has 124 valence electrons. The molecular weight excluding hydrogens is 304 g/mol. The van der Waals surface area contributed by atoms with E-state index in [0.717, 1.165) is 28.3 Å². The Balaban J connectivity index is 1.71. The number of hydrogen-bond acceptors (Lipinski definition) is 3. The van der Waals surface area contributed by atoms with Crippen LogP contribution in [0.15, 0.2) is 42.5 Å². The quantitative estimate of drug-likeness (QED) is 0.908. The number of fused-ring (bicyclic) bond motifs is 1. The molecular formula is C19H20N2O3. The summed E-state index contributed by atoms with van der Waals surface area (Å²) >= 11 is 0. The van der Waals surface area contributed by atoms with E-state index in [1.165, 1.54) is 0 Å². The van der Waals surface area contributed by atoms with E-state index in [9.17, 15) is 9.59 Å². The van der Waals surface area contributed by atoms with Crippen molar-refractivity contribution in [3.63, 3.8) is 0 Å². The second-order valence-electron chi connectivity index (χ2n) is 6.41. The van der Waals surface area contributed by atoms with E-state index in [0.29, 0.717) is 0 Å². The molecule has 5 heteroatoms. The molecule has 5 nitrogen and oxygen atoms in total. The van der Waals surface area contributed by atoms with Crippen LogP contribution in [-0.2, 0) is 21.4 Å². The molecule has 0 aliphatic carbocycles. The van der Waals surface area contributed by atoms with Crippen molar-refractivity contribution >= 4 is 23.2 Å². The number of carbonyl (C=O) groups is 2. The SMILES string of the molecule is COc1ccc(NC(=O)Cc2ccc3c(c2)C(C)(C)C(=O)N3)cc1. The van der Waals surface area contributed by atoms with Gasteiger partial charge in [0.1, 0.15) is 5.75 Å². The van der Waals surface area contributed by atoms with Gasteiger partial charge in [-0.25, -0.2) is 0 Å². The highest BCUT2D eigenvalue weighted by Gasteiger charge is 2.38. The fourth-order valence-corrected chi connectivity index (χ4v) is 2.79. The van der Waals surface area contributed by atoms with Gasteiger partial charge in [-0.15, -0.1) is 0 Å². The zero-order valence-corrected chi connectivity index (χ0v) is 14.0. The number of carbonyl (C=O) groups excluding carboxylic acids is 2. The third-order valence-corrected chi connectivity index (χ3v) is 4.31. The minimum absolute atomic E-state index is 0.0164. The molecule has 0 saturated carbocycles. The fourth-order valence-electron chi connectivity index (χ4n) is 2.79. The van der Waals surface area contributed by atoms with Crippen molar-refractivity contribution in [1.82, 2.24) is 0 Å². The van der Waals surface area contributed by atoms with Gasteiger partial charge >= 0.3 is 0 Å². The summed E-state index contributed by atoms with van der Waals surface area (Å²) in [5.41, 5.74) is 2.78. The lowest BCUT2D eigenvalue weighted by Gasteiger charge is -2.15. The first kappa shape index (κ1) is 16.1. The van der Waals surface area contributed by atoms with Gasteiger partial charge in [0, 0.05) is 11.4 Å². The molecule has 24 heavy (non-hydrogen) atoms.